The van der Waals surface area contributed by atoms with Gasteiger partial charge in [-0.3, -0.25) is 4.79 Å². The van der Waals surface area contributed by atoms with Crippen LogP contribution in [0.2, 0.25) is 0 Å². The van der Waals surface area contributed by atoms with Crippen LogP contribution in [0.4, 0.5) is 0 Å². The Labute approximate surface area is 261 Å². The summed E-state index contributed by atoms with van der Waals surface area (Å²) in [6.45, 7) is 29.3. The quantitative estimate of drug-likeness (QED) is 0.302. The molecule has 0 saturated heterocycles. The average Bonchev–Trinajstić information content (AvgIpc) is 3.31. The molecule has 0 N–H and O–H groups in total. The molecule has 240 valence electrons. The summed E-state index contributed by atoms with van der Waals surface area (Å²) in [4.78, 5) is 13.3. The summed E-state index contributed by atoms with van der Waals surface area (Å²) in [5, 5.41) is 0. The SMILES string of the molecule is C=C(OC1CCC2(C)C(CCC3C4CCC5(CC)CC(=O)C(C(C)C)=C5C4CCC32)C1C)C1CC(C)C1C.CC.CC. The summed E-state index contributed by atoms with van der Waals surface area (Å²) in [5.41, 5.74) is 3.59. The van der Waals surface area contributed by atoms with Crippen LogP contribution in [-0.2, 0) is 9.53 Å². The van der Waals surface area contributed by atoms with Crippen LogP contribution in [0.15, 0.2) is 23.5 Å². The predicted octanol–water partition coefficient (Wildman–Crippen LogP) is 11.5. The maximum Gasteiger partial charge on any atom is 0.159 e. The number of hydrogen-bond acceptors (Lipinski definition) is 2. The molecule has 0 aliphatic heterocycles. The van der Waals surface area contributed by atoms with Crippen LogP contribution >= 0.6 is 0 Å². The first kappa shape index (κ1) is 33.8. The van der Waals surface area contributed by atoms with Crippen molar-refractivity contribution in [2.45, 2.75) is 153 Å². The topological polar surface area (TPSA) is 26.3 Å². The number of hydrogen-bond donors (Lipinski definition) is 0. The largest absolute Gasteiger partial charge is 0.495 e. The summed E-state index contributed by atoms with van der Waals surface area (Å²) in [6.07, 6.45) is 14.2. The first-order chi connectivity index (χ1) is 20.0. The predicted molar refractivity (Wildman–Crippen MR) is 179 cm³/mol. The summed E-state index contributed by atoms with van der Waals surface area (Å²) >= 11 is 0. The minimum Gasteiger partial charge on any atom is -0.495 e. The highest BCUT2D eigenvalue weighted by atomic mass is 16.5. The number of carbonyl (C=O) groups is 1. The van der Waals surface area contributed by atoms with Crippen molar-refractivity contribution in [2.75, 3.05) is 0 Å². The second-order valence-electron chi connectivity index (χ2n) is 15.8. The van der Waals surface area contributed by atoms with Crippen molar-refractivity contribution in [3.63, 3.8) is 0 Å². The van der Waals surface area contributed by atoms with Crippen LogP contribution in [0.5, 0.6) is 0 Å². The Kier molecular flexibility index (Phi) is 10.6. The Morgan fingerprint density at radius 1 is 0.905 bits per heavy atom. The van der Waals surface area contributed by atoms with Gasteiger partial charge in [-0.15, -0.1) is 0 Å². The van der Waals surface area contributed by atoms with Crippen LogP contribution in [-0.4, -0.2) is 11.9 Å². The molecule has 2 nitrogen and oxygen atoms in total. The second kappa shape index (κ2) is 13.1. The Morgan fingerprint density at radius 2 is 1.57 bits per heavy atom. The molecule has 5 fully saturated rings. The molecule has 0 aromatic rings. The van der Waals surface area contributed by atoms with Gasteiger partial charge in [-0.05, 0) is 134 Å². The van der Waals surface area contributed by atoms with E-state index in [4.69, 9.17) is 4.74 Å². The van der Waals surface area contributed by atoms with E-state index < -0.39 is 0 Å². The normalized spacial score (nSPS) is 45.6. The van der Waals surface area contributed by atoms with Gasteiger partial charge in [0.15, 0.2) is 5.78 Å². The van der Waals surface area contributed by atoms with Gasteiger partial charge in [-0.25, -0.2) is 0 Å². The fraction of sp³-hybridized carbons (Fsp3) is 0.875. The number of rotatable bonds is 5. The summed E-state index contributed by atoms with van der Waals surface area (Å²) in [7, 11) is 0. The Morgan fingerprint density at radius 3 is 2.17 bits per heavy atom. The minimum atomic E-state index is 0.202. The molecule has 0 heterocycles. The van der Waals surface area contributed by atoms with Crippen LogP contribution in [0.25, 0.3) is 0 Å². The van der Waals surface area contributed by atoms with Gasteiger partial charge in [0, 0.05) is 12.3 Å². The van der Waals surface area contributed by atoms with Crippen molar-refractivity contribution in [3.8, 4) is 0 Å². The monoisotopic (exact) mass is 581 g/mol. The first-order valence-electron chi connectivity index (χ1n) is 18.7. The summed E-state index contributed by atoms with van der Waals surface area (Å²) in [6, 6.07) is 0. The molecular formula is C40H68O2. The Hall–Kier alpha value is -1.05. The molecule has 42 heavy (non-hydrogen) atoms. The molecule has 5 saturated carbocycles. The first-order valence-corrected chi connectivity index (χ1v) is 18.7. The van der Waals surface area contributed by atoms with Gasteiger partial charge >= 0.3 is 0 Å². The third-order valence-electron chi connectivity index (χ3n) is 14.2. The van der Waals surface area contributed by atoms with Gasteiger partial charge in [-0.2, -0.15) is 0 Å². The van der Waals surface area contributed by atoms with E-state index in [0.717, 1.165) is 54.1 Å². The van der Waals surface area contributed by atoms with Gasteiger partial charge in [0.25, 0.3) is 0 Å². The number of Topliss-reactive ketones (excluding diaryl/α,β-unsaturated/α-hetero) is 1. The van der Waals surface area contributed by atoms with E-state index in [9.17, 15) is 4.79 Å². The molecule has 6 aliphatic carbocycles. The molecule has 0 spiro atoms. The van der Waals surface area contributed by atoms with Crippen LogP contribution in [0.1, 0.15) is 147 Å². The third-order valence-corrected chi connectivity index (χ3v) is 14.2. The van der Waals surface area contributed by atoms with Gasteiger partial charge in [-0.1, -0.05) is 88.3 Å². The second-order valence-corrected chi connectivity index (χ2v) is 15.8. The van der Waals surface area contributed by atoms with E-state index in [-0.39, 0.29) is 5.41 Å². The Balaban J connectivity index is 0.000000972. The van der Waals surface area contributed by atoms with Crippen LogP contribution in [0, 0.1) is 70.0 Å². The molecule has 12 atom stereocenters. The highest BCUT2D eigenvalue weighted by Crippen LogP contribution is 2.68. The number of carbonyl (C=O) groups excluding carboxylic acids is 1. The van der Waals surface area contributed by atoms with E-state index in [1.165, 1.54) is 63.4 Å². The molecule has 2 heteroatoms. The lowest BCUT2D eigenvalue weighted by atomic mass is 9.42. The zero-order chi connectivity index (χ0) is 31.1. The number of ether oxygens (including phenoxy) is 1. The molecule has 0 radical (unpaired) electrons. The third kappa shape index (κ3) is 5.29. The lowest BCUT2D eigenvalue weighted by molar-refractivity contribution is -0.146. The smallest absolute Gasteiger partial charge is 0.159 e. The zero-order valence-electron chi connectivity index (χ0n) is 29.7. The van der Waals surface area contributed by atoms with Crippen molar-refractivity contribution < 1.29 is 9.53 Å². The molecule has 12 unspecified atom stereocenters. The molecule has 0 amide bonds. The fourth-order valence-electron chi connectivity index (χ4n) is 11.8. The minimum absolute atomic E-state index is 0.202. The van der Waals surface area contributed by atoms with Crippen molar-refractivity contribution in [2.24, 2.45) is 70.0 Å². The number of ketones is 1. The Bertz CT molecular complexity index is 1010. The van der Waals surface area contributed by atoms with Gasteiger partial charge in [0.2, 0.25) is 0 Å². The lowest BCUT2D eigenvalue weighted by Gasteiger charge is -2.63. The highest BCUT2D eigenvalue weighted by molar-refractivity contribution is 6.00. The van der Waals surface area contributed by atoms with Gasteiger partial charge in [0.1, 0.15) is 6.10 Å². The van der Waals surface area contributed by atoms with Crippen molar-refractivity contribution in [1.29, 1.82) is 0 Å². The molecule has 6 aliphatic rings. The maximum absolute atomic E-state index is 13.3. The van der Waals surface area contributed by atoms with E-state index in [1.807, 2.05) is 27.7 Å². The van der Waals surface area contributed by atoms with Gasteiger partial charge in [0.05, 0.1) is 5.76 Å². The molecule has 0 bridgehead atoms. The standard InChI is InChI=1S/C36H56O2.2C2H6/c1-9-36-17-14-25-26-10-12-29-23(6)32(38-24(7)28-18-21(4)22(28)5)15-16-35(29,8)30(26)13-11-27(25)34(36)33(20(2)3)31(37)19-36;2*1-2/h20-23,25-30,32H,7,9-19H2,1-6,8H3;2*1-2H3. The zero-order valence-corrected chi connectivity index (χ0v) is 29.7. The number of fused-ring (bicyclic) bond motifs is 7. The van der Waals surface area contributed by atoms with Crippen LogP contribution < -0.4 is 0 Å². The molecular weight excluding hydrogens is 512 g/mol. The van der Waals surface area contributed by atoms with E-state index in [0.29, 0.717) is 41.0 Å². The summed E-state index contributed by atoms with van der Waals surface area (Å²) < 4.78 is 6.72. The summed E-state index contributed by atoms with van der Waals surface area (Å²) in [5.74, 6) is 8.69. The fourth-order valence-corrected chi connectivity index (χ4v) is 11.8. The molecule has 0 aromatic heterocycles. The van der Waals surface area contributed by atoms with Crippen molar-refractivity contribution in [3.05, 3.63) is 23.5 Å². The van der Waals surface area contributed by atoms with Crippen molar-refractivity contribution in [1.82, 2.24) is 0 Å². The van der Waals surface area contributed by atoms with E-state index >= 15 is 0 Å². The molecule has 6 rings (SSSR count). The molecule has 0 aromatic carbocycles. The highest BCUT2D eigenvalue weighted by Gasteiger charge is 2.60. The van der Waals surface area contributed by atoms with Crippen molar-refractivity contribution >= 4 is 5.78 Å². The number of allylic oxidation sites excluding steroid dienone is 3. The average molecular weight is 581 g/mol. The van der Waals surface area contributed by atoms with E-state index in [2.05, 4.69) is 55.0 Å². The lowest BCUT2D eigenvalue weighted by Crippen LogP contribution is -2.56. The maximum atomic E-state index is 13.3. The van der Waals surface area contributed by atoms with Crippen LogP contribution in [0.3, 0.4) is 0 Å². The van der Waals surface area contributed by atoms with E-state index in [1.54, 1.807) is 5.57 Å². The van der Waals surface area contributed by atoms with Gasteiger partial charge < -0.3 is 4.74 Å².